The Labute approximate surface area is 121 Å². The quantitative estimate of drug-likeness (QED) is 0.907. The number of nitrogens with zero attached hydrogens (tertiary/aromatic N) is 1. The van der Waals surface area contributed by atoms with Crippen molar-refractivity contribution in [3.63, 3.8) is 0 Å². The Hall–Kier alpha value is -1.06. The molecular formula is C15H23ClN2O. The van der Waals surface area contributed by atoms with Crippen molar-refractivity contribution in [1.82, 2.24) is 4.90 Å². The van der Waals surface area contributed by atoms with Gasteiger partial charge >= 0.3 is 0 Å². The number of carbonyl (C=O) groups excluding carboxylic acids is 1. The van der Waals surface area contributed by atoms with E-state index in [1.165, 1.54) is 5.56 Å². The van der Waals surface area contributed by atoms with Gasteiger partial charge in [0.2, 0.25) is 0 Å². The molecule has 0 aliphatic carbocycles. The number of hydrogen-bond acceptors (Lipinski definition) is 2. The van der Waals surface area contributed by atoms with Gasteiger partial charge in [0.05, 0.1) is 0 Å². The summed E-state index contributed by atoms with van der Waals surface area (Å²) in [7, 11) is 0. The van der Waals surface area contributed by atoms with Crippen LogP contribution in [0.2, 0.25) is 0 Å². The average molecular weight is 283 g/mol. The van der Waals surface area contributed by atoms with Gasteiger partial charge in [0.25, 0.3) is 5.91 Å². The molecule has 0 saturated carbocycles. The van der Waals surface area contributed by atoms with Crippen molar-refractivity contribution in [3.8, 4) is 0 Å². The second-order valence-corrected chi connectivity index (χ2v) is 5.41. The van der Waals surface area contributed by atoms with E-state index in [-0.39, 0.29) is 24.4 Å². The van der Waals surface area contributed by atoms with E-state index in [1.54, 1.807) is 0 Å². The second kappa shape index (κ2) is 6.92. The minimum absolute atomic E-state index is 0. The number of likely N-dealkylation sites (tertiary alicyclic amines) is 1. The SMILES string of the molecule is CC(C)c1ccc(C(=O)N2CCC(N)CC2)cc1.Cl. The summed E-state index contributed by atoms with van der Waals surface area (Å²) in [5, 5.41) is 0. The number of hydrogen-bond donors (Lipinski definition) is 1. The summed E-state index contributed by atoms with van der Waals surface area (Å²) in [6, 6.07) is 8.23. The summed E-state index contributed by atoms with van der Waals surface area (Å²) >= 11 is 0. The number of carbonyl (C=O) groups is 1. The fourth-order valence-electron chi connectivity index (χ4n) is 2.30. The smallest absolute Gasteiger partial charge is 0.253 e. The number of rotatable bonds is 2. The van der Waals surface area contributed by atoms with Crippen molar-refractivity contribution >= 4 is 18.3 Å². The third-order valence-corrected chi connectivity index (χ3v) is 3.65. The van der Waals surface area contributed by atoms with Gasteiger partial charge in [-0.25, -0.2) is 0 Å². The molecular weight excluding hydrogens is 260 g/mol. The highest BCUT2D eigenvalue weighted by atomic mass is 35.5. The van der Waals surface area contributed by atoms with E-state index in [2.05, 4.69) is 13.8 Å². The van der Waals surface area contributed by atoms with Gasteiger partial charge in [-0.05, 0) is 36.5 Å². The molecule has 0 spiro atoms. The lowest BCUT2D eigenvalue weighted by atomic mass is 10.0. The molecule has 2 rings (SSSR count). The molecule has 0 radical (unpaired) electrons. The number of benzene rings is 1. The van der Waals surface area contributed by atoms with E-state index in [9.17, 15) is 4.79 Å². The largest absolute Gasteiger partial charge is 0.339 e. The fourth-order valence-corrected chi connectivity index (χ4v) is 2.30. The standard InChI is InChI=1S/C15H22N2O.ClH/c1-11(2)12-3-5-13(6-4-12)15(18)17-9-7-14(16)8-10-17;/h3-6,11,14H,7-10,16H2,1-2H3;1H. The van der Waals surface area contributed by atoms with E-state index in [0.717, 1.165) is 31.5 Å². The Bertz CT molecular complexity index is 409. The van der Waals surface area contributed by atoms with Gasteiger partial charge in [-0.15, -0.1) is 12.4 Å². The summed E-state index contributed by atoms with van der Waals surface area (Å²) in [6.07, 6.45) is 1.83. The first kappa shape index (κ1) is 16.0. The maximum Gasteiger partial charge on any atom is 0.253 e. The maximum atomic E-state index is 12.3. The molecule has 1 aromatic rings. The van der Waals surface area contributed by atoms with E-state index in [1.807, 2.05) is 29.2 Å². The molecule has 2 N–H and O–H groups in total. The first-order chi connectivity index (χ1) is 8.58. The fraction of sp³-hybridized carbons (Fsp3) is 0.533. The first-order valence-corrected chi connectivity index (χ1v) is 6.72. The van der Waals surface area contributed by atoms with Crippen LogP contribution in [-0.2, 0) is 0 Å². The number of nitrogens with two attached hydrogens (primary N) is 1. The van der Waals surface area contributed by atoms with Crippen molar-refractivity contribution in [2.75, 3.05) is 13.1 Å². The molecule has 1 saturated heterocycles. The van der Waals surface area contributed by atoms with Crippen molar-refractivity contribution in [2.24, 2.45) is 5.73 Å². The van der Waals surface area contributed by atoms with Crippen LogP contribution in [0.5, 0.6) is 0 Å². The summed E-state index contributed by atoms with van der Waals surface area (Å²) < 4.78 is 0. The highest BCUT2D eigenvalue weighted by molar-refractivity contribution is 5.94. The van der Waals surface area contributed by atoms with Crippen LogP contribution >= 0.6 is 12.4 Å². The highest BCUT2D eigenvalue weighted by Gasteiger charge is 2.21. The molecule has 19 heavy (non-hydrogen) atoms. The molecule has 0 aromatic heterocycles. The lowest BCUT2D eigenvalue weighted by Gasteiger charge is -2.30. The van der Waals surface area contributed by atoms with Crippen molar-refractivity contribution < 1.29 is 4.79 Å². The number of piperidine rings is 1. The van der Waals surface area contributed by atoms with E-state index in [4.69, 9.17) is 5.73 Å². The van der Waals surface area contributed by atoms with Crippen LogP contribution in [0.3, 0.4) is 0 Å². The molecule has 4 heteroatoms. The molecule has 1 heterocycles. The van der Waals surface area contributed by atoms with E-state index < -0.39 is 0 Å². The van der Waals surface area contributed by atoms with Gasteiger partial charge in [-0.1, -0.05) is 26.0 Å². The van der Waals surface area contributed by atoms with Crippen LogP contribution in [0.25, 0.3) is 0 Å². The third-order valence-electron chi connectivity index (χ3n) is 3.65. The minimum Gasteiger partial charge on any atom is -0.339 e. The molecule has 0 bridgehead atoms. The Morgan fingerprint density at radius 2 is 1.74 bits per heavy atom. The van der Waals surface area contributed by atoms with Gasteiger partial charge in [0.1, 0.15) is 0 Å². The number of halogens is 1. The van der Waals surface area contributed by atoms with E-state index >= 15 is 0 Å². The maximum absolute atomic E-state index is 12.3. The van der Waals surface area contributed by atoms with Crippen molar-refractivity contribution in [3.05, 3.63) is 35.4 Å². The first-order valence-electron chi connectivity index (χ1n) is 6.72. The zero-order valence-corrected chi connectivity index (χ0v) is 12.5. The van der Waals surface area contributed by atoms with Gasteiger partial charge < -0.3 is 10.6 Å². The molecule has 0 atom stereocenters. The molecule has 0 unspecified atom stereocenters. The topological polar surface area (TPSA) is 46.3 Å². The highest BCUT2D eigenvalue weighted by Crippen LogP contribution is 2.17. The Kier molecular flexibility index (Phi) is 5.83. The normalized spacial score (nSPS) is 16.3. The zero-order valence-electron chi connectivity index (χ0n) is 11.6. The zero-order chi connectivity index (χ0) is 13.1. The average Bonchev–Trinajstić information content (AvgIpc) is 2.39. The van der Waals surface area contributed by atoms with Crippen LogP contribution in [-0.4, -0.2) is 29.9 Å². The molecule has 106 valence electrons. The summed E-state index contributed by atoms with van der Waals surface area (Å²) in [6.45, 7) is 5.88. The van der Waals surface area contributed by atoms with Crippen LogP contribution in [0.1, 0.15) is 48.5 Å². The molecule has 1 fully saturated rings. The van der Waals surface area contributed by atoms with Crippen LogP contribution in [0.4, 0.5) is 0 Å². The Morgan fingerprint density at radius 3 is 2.21 bits per heavy atom. The van der Waals surface area contributed by atoms with E-state index in [0.29, 0.717) is 5.92 Å². The Morgan fingerprint density at radius 1 is 1.21 bits per heavy atom. The lowest BCUT2D eigenvalue weighted by Crippen LogP contribution is -2.42. The molecule has 1 aliphatic rings. The van der Waals surface area contributed by atoms with Crippen molar-refractivity contribution in [2.45, 2.75) is 38.6 Å². The molecule has 3 nitrogen and oxygen atoms in total. The summed E-state index contributed by atoms with van der Waals surface area (Å²) in [4.78, 5) is 14.2. The van der Waals surface area contributed by atoms with Gasteiger partial charge in [0, 0.05) is 24.7 Å². The van der Waals surface area contributed by atoms with Crippen LogP contribution in [0.15, 0.2) is 24.3 Å². The molecule has 1 aliphatic heterocycles. The predicted molar refractivity (Wildman–Crippen MR) is 80.9 cm³/mol. The van der Waals surface area contributed by atoms with Crippen LogP contribution in [0, 0.1) is 0 Å². The predicted octanol–water partition coefficient (Wildman–Crippen LogP) is 2.80. The number of amides is 1. The third kappa shape index (κ3) is 3.95. The molecule has 1 amide bonds. The van der Waals surface area contributed by atoms with Gasteiger partial charge in [0.15, 0.2) is 0 Å². The van der Waals surface area contributed by atoms with Crippen LogP contribution < -0.4 is 5.73 Å². The lowest BCUT2D eigenvalue weighted by molar-refractivity contribution is 0.0714. The summed E-state index contributed by atoms with van der Waals surface area (Å²) in [5.41, 5.74) is 7.91. The monoisotopic (exact) mass is 282 g/mol. The minimum atomic E-state index is 0. The summed E-state index contributed by atoms with van der Waals surface area (Å²) in [5.74, 6) is 0.638. The molecule has 1 aromatic carbocycles. The van der Waals surface area contributed by atoms with Gasteiger partial charge in [-0.2, -0.15) is 0 Å². The Balaban J connectivity index is 0.00000180. The second-order valence-electron chi connectivity index (χ2n) is 5.41. The van der Waals surface area contributed by atoms with Gasteiger partial charge in [-0.3, -0.25) is 4.79 Å². The van der Waals surface area contributed by atoms with Crippen molar-refractivity contribution in [1.29, 1.82) is 0 Å².